The monoisotopic (exact) mass is 471 g/mol. The maximum absolute atomic E-state index is 12.0. The van der Waals surface area contributed by atoms with E-state index in [2.05, 4.69) is 21.2 Å². The first-order valence-corrected chi connectivity index (χ1v) is 9.85. The maximum atomic E-state index is 12.0. The number of fused-ring (bicyclic) bond motifs is 1. The van der Waals surface area contributed by atoms with Gasteiger partial charge in [-0.15, -0.1) is 0 Å². The number of amides is 1. The number of hydrogen-bond donors (Lipinski definition) is 1. The maximum Gasteiger partial charge on any atom is 0.411 e. The van der Waals surface area contributed by atoms with E-state index in [4.69, 9.17) is 13.9 Å². The lowest BCUT2D eigenvalue weighted by molar-refractivity contribution is -0.138. The fraction of sp³-hybridized carbons (Fsp3) is 0.136. The summed E-state index contributed by atoms with van der Waals surface area (Å²) in [6.07, 6.45) is 2.34. The normalized spacial score (nSPS) is 10.9. The average Bonchev–Trinajstić information content (AvgIpc) is 2.70. The molecule has 1 N–H and O–H groups in total. The van der Waals surface area contributed by atoms with E-state index in [-0.39, 0.29) is 18.8 Å². The molecule has 0 fully saturated rings. The molecular weight excluding hydrogens is 454 g/mol. The molecule has 3 aromatic rings. The first-order valence-electron chi connectivity index (χ1n) is 9.05. The molecule has 1 heterocycles. The first kappa shape index (κ1) is 21.3. The zero-order valence-corrected chi connectivity index (χ0v) is 17.6. The largest absolute Gasteiger partial charge is 0.458 e. The van der Waals surface area contributed by atoms with Crippen molar-refractivity contribution in [3.8, 4) is 0 Å². The Kier molecular flexibility index (Phi) is 7.03. The predicted octanol–water partition coefficient (Wildman–Crippen LogP) is 4.88. The second-order valence-electron chi connectivity index (χ2n) is 6.14. The third-order valence-electron chi connectivity index (χ3n) is 3.98. The van der Waals surface area contributed by atoms with Crippen LogP contribution < -0.4 is 10.9 Å². The van der Waals surface area contributed by atoms with Crippen LogP contribution in [0.2, 0.25) is 0 Å². The number of carbonyl (C=O) groups is 2. The van der Waals surface area contributed by atoms with Crippen molar-refractivity contribution >= 4 is 50.7 Å². The quantitative estimate of drug-likeness (QED) is 0.312. The van der Waals surface area contributed by atoms with Crippen molar-refractivity contribution in [1.82, 2.24) is 0 Å². The average molecular weight is 472 g/mol. The summed E-state index contributed by atoms with van der Waals surface area (Å²) in [6, 6.07) is 13.5. The van der Waals surface area contributed by atoms with E-state index >= 15 is 0 Å². The third kappa shape index (κ3) is 5.81. The van der Waals surface area contributed by atoms with Gasteiger partial charge in [0.05, 0.1) is 6.61 Å². The van der Waals surface area contributed by atoms with Gasteiger partial charge >= 0.3 is 17.7 Å². The molecule has 0 atom stereocenters. The van der Waals surface area contributed by atoms with Gasteiger partial charge in [0, 0.05) is 39.3 Å². The van der Waals surface area contributed by atoms with Crippen LogP contribution in [0, 0.1) is 0 Å². The van der Waals surface area contributed by atoms with E-state index in [1.54, 1.807) is 25.1 Å². The van der Waals surface area contributed by atoms with Crippen molar-refractivity contribution < 1.29 is 23.5 Å². The number of benzene rings is 2. The molecule has 0 bridgehead atoms. The molecule has 8 heteroatoms. The van der Waals surface area contributed by atoms with E-state index in [1.807, 2.05) is 24.3 Å². The molecule has 0 spiro atoms. The molecule has 30 heavy (non-hydrogen) atoms. The summed E-state index contributed by atoms with van der Waals surface area (Å²) in [6.45, 7) is 1.83. The fourth-order valence-corrected chi connectivity index (χ4v) is 3.10. The van der Waals surface area contributed by atoms with Crippen molar-refractivity contribution in [2.24, 2.45) is 0 Å². The molecule has 0 saturated carbocycles. The van der Waals surface area contributed by atoms with Gasteiger partial charge in [0.15, 0.2) is 0 Å². The highest BCUT2D eigenvalue weighted by Gasteiger charge is 2.10. The summed E-state index contributed by atoms with van der Waals surface area (Å²) in [7, 11) is 0. The standard InChI is InChI=1S/C22H18BrNO6/c1-2-28-22(27)24-17-7-8-18-15(11-21(26)30-19(18)12-17)13-29-20(25)9-6-14-4-3-5-16(23)10-14/h3-12H,2,13H2,1H3,(H,24,27)/b9-6+. The summed E-state index contributed by atoms with van der Waals surface area (Å²) >= 11 is 3.37. The smallest absolute Gasteiger partial charge is 0.411 e. The molecule has 0 unspecified atom stereocenters. The van der Waals surface area contributed by atoms with Crippen LogP contribution >= 0.6 is 15.9 Å². The van der Waals surface area contributed by atoms with Crippen LogP contribution in [0.25, 0.3) is 17.0 Å². The van der Waals surface area contributed by atoms with Gasteiger partial charge in [-0.2, -0.15) is 0 Å². The number of anilines is 1. The van der Waals surface area contributed by atoms with E-state index < -0.39 is 17.7 Å². The lowest BCUT2D eigenvalue weighted by Gasteiger charge is -2.08. The van der Waals surface area contributed by atoms with Gasteiger partial charge in [0.1, 0.15) is 12.2 Å². The second-order valence-corrected chi connectivity index (χ2v) is 7.06. The van der Waals surface area contributed by atoms with Crippen LogP contribution in [0.1, 0.15) is 18.1 Å². The van der Waals surface area contributed by atoms with Crippen LogP contribution in [0.15, 0.2) is 68.3 Å². The number of nitrogens with one attached hydrogen (secondary N) is 1. The van der Waals surface area contributed by atoms with E-state index in [0.717, 1.165) is 10.0 Å². The van der Waals surface area contributed by atoms with Gasteiger partial charge in [0.2, 0.25) is 0 Å². The van der Waals surface area contributed by atoms with Gasteiger partial charge in [0.25, 0.3) is 0 Å². The van der Waals surface area contributed by atoms with Crippen LogP contribution in [0.5, 0.6) is 0 Å². The zero-order chi connectivity index (χ0) is 21.5. The lowest BCUT2D eigenvalue weighted by atomic mass is 10.1. The lowest BCUT2D eigenvalue weighted by Crippen LogP contribution is -2.13. The zero-order valence-electron chi connectivity index (χ0n) is 16.0. The van der Waals surface area contributed by atoms with Gasteiger partial charge < -0.3 is 13.9 Å². The minimum atomic E-state index is -0.610. The number of hydrogen-bond acceptors (Lipinski definition) is 6. The molecule has 0 aliphatic rings. The minimum Gasteiger partial charge on any atom is -0.458 e. The Bertz CT molecular complexity index is 1170. The van der Waals surface area contributed by atoms with Crippen molar-refractivity contribution in [2.45, 2.75) is 13.5 Å². The van der Waals surface area contributed by atoms with Crippen molar-refractivity contribution in [3.05, 3.63) is 80.6 Å². The molecule has 2 aromatic carbocycles. The minimum absolute atomic E-state index is 0.103. The van der Waals surface area contributed by atoms with E-state index in [0.29, 0.717) is 16.6 Å². The van der Waals surface area contributed by atoms with Crippen molar-refractivity contribution in [2.75, 3.05) is 11.9 Å². The molecule has 7 nitrogen and oxygen atoms in total. The Morgan fingerprint density at radius 2 is 1.97 bits per heavy atom. The van der Waals surface area contributed by atoms with Crippen LogP contribution in [-0.2, 0) is 20.9 Å². The highest BCUT2D eigenvalue weighted by atomic mass is 79.9. The highest BCUT2D eigenvalue weighted by Crippen LogP contribution is 2.22. The Morgan fingerprint density at radius 1 is 1.13 bits per heavy atom. The molecule has 0 aliphatic carbocycles. The number of halogens is 1. The second kappa shape index (κ2) is 9.89. The number of ether oxygens (including phenoxy) is 2. The molecule has 0 saturated heterocycles. The van der Waals surface area contributed by atoms with Crippen LogP contribution in [-0.4, -0.2) is 18.7 Å². The topological polar surface area (TPSA) is 94.8 Å². The SMILES string of the molecule is CCOC(=O)Nc1ccc2c(COC(=O)/C=C/c3cccc(Br)c3)cc(=O)oc2c1. The Labute approximate surface area is 180 Å². The highest BCUT2D eigenvalue weighted by molar-refractivity contribution is 9.10. The van der Waals surface area contributed by atoms with Crippen molar-refractivity contribution in [3.63, 3.8) is 0 Å². The summed E-state index contributed by atoms with van der Waals surface area (Å²) in [5.41, 5.74) is 1.41. The summed E-state index contributed by atoms with van der Waals surface area (Å²) in [4.78, 5) is 35.5. The molecule has 0 aliphatic heterocycles. The summed E-state index contributed by atoms with van der Waals surface area (Å²) in [5.74, 6) is -0.544. The van der Waals surface area contributed by atoms with Crippen LogP contribution in [0.3, 0.4) is 0 Å². The Morgan fingerprint density at radius 3 is 2.73 bits per heavy atom. The molecule has 1 amide bonds. The number of esters is 1. The van der Waals surface area contributed by atoms with Gasteiger partial charge in [-0.25, -0.2) is 14.4 Å². The van der Waals surface area contributed by atoms with Crippen molar-refractivity contribution in [1.29, 1.82) is 0 Å². The van der Waals surface area contributed by atoms with Gasteiger partial charge in [-0.1, -0.05) is 28.1 Å². The van der Waals surface area contributed by atoms with Crippen LogP contribution in [0.4, 0.5) is 10.5 Å². The first-order chi connectivity index (χ1) is 14.4. The number of carbonyl (C=O) groups excluding carboxylic acids is 2. The fourth-order valence-electron chi connectivity index (χ4n) is 2.68. The molecule has 0 radical (unpaired) electrons. The molecule has 1 aromatic heterocycles. The summed E-state index contributed by atoms with van der Waals surface area (Å²) in [5, 5.41) is 3.13. The third-order valence-corrected chi connectivity index (χ3v) is 4.48. The Balaban J connectivity index is 1.73. The van der Waals surface area contributed by atoms with E-state index in [9.17, 15) is 14.4 Å². The molecule has 154 valence electrons. The van der Waals surface area contributed by atoms with Gasteiger partial charge in [-0.3, -0.25) is 5.32 Å². The van der Waals surface area contributed by atoms with E-state index in [1.165, 1.54) is 18.2 Å². The predicted molar refractivity (Wildman–Crippen MR) is 116 cm³/mol. The van der Waals surface area contributed by atoms with Gasteiger partial charge in [-0.05, 0) is 42.8 Å². The number of rotatable bonds is 6. The Hall–Kier alpha value is -3.39. The molecular formula is C22H18BrNO6. The summed E-state index contributed by atoms with van der Waals surface area (Å²) < 4.78 is 16.2. The molecule has 3 rings (SSSR count).